The first-order valence-corrected chi connectivity index (χ1v) is 12.1. The van der Waals surface area contributed by atoms with Crippen LogP contribution in [0.1, 0.15) is 28.4 Å². The third-order valence-electron chi connectivity index (χ3n) is 4.91. The molecule has 0 radical (unpaired) electrons. The van der Waals surface area contributed by atoms with Crippen LogP contribution >= 0.6 is 0 Å². The summed E-state index contributed by atoms with van der Waals surface area (Å²) in [5.74, 6) is -0.598. The van der Waals surface area contributed by atoms with Crippen LogP contribution in [0.25, 0.3) is 0 Å². The summed E-state index contributed by atoms with van der Waals surface area (Å²) in [5.41, 5.74) is 2.50. The van der Waals surface area contributed by atoms with Crippen molar-refractivity contribution >= 4 is 33.3 Å². The van der Waals surface area contributed by atoms with Gasteiger partial charge in [-0.15, -0.1) is 0 Å². The molecule has 0 unspecified atom stereocenters. The fourth-order valence-corrected chi connectivity index (χ4v) is 4.27. The zero-order chi connectivity index (χ0) is 24.7. The van der Waals surface area contributed by atoms with Crippen molar-refractivity contribution in [1.82, 2.24) is 0 Å². The van der Waals surface area contributed by atoms with Gasteiger partial charge in [-0.2, -0.15) is 0 Å². The summed E-state index contributed by atoms with van der Waals surface area (Å²) in [4.78, 5) is 24.4. The molecule has 9 heteroatoms. The smallest absolute Gasteiger partial charge is 0.344 e. The molecule has 0 bridgehead atoms. The van der Waals surface area contributed by atoms with Crippen molar-refractivity contribution in [3.05, 3.63) is 83.4 Å². The Balaban J connectivity index is 1.77. The molecule has 0 aliphatic rings. The van der Waals surface area contributed by atoms with Gasteiger partial charge in [0, 0.05) is 17.3 Å². The largest absolute Gasteiger partial charge is 0.482 e. The maximum Gasteiger partial charge on any atom is 0.344 e. The van der Waals surface area contributed by atoms with E-state index in [1.54, 1.807) is 69.3 Å². The van der Waals surface area contributed by atoms with Gasteiger partial charge < -0.3 is 14.8 Å². The van der Waals surface area contributed by atoms with Gasteiger partial charge in [0.15, 0.2) is 6.61 Å². The minimum absolute atomic E-state index is 0.0296. The Morgan fingerprint density at radius 3 is 2.41 bits per heavy atom. The van der Waals surface area contributed by atoms with Crippen molar-refractivity contribution in [2.24, 2.45) is 0 Å². The van der Waals surface area contributed by atoms with E-state index in [4.69, 9.17) is 9.47 Å². The molecule has 0 fully saturated rings. The number of para-hydroxylation sites is 1. The minimum Gasteiger partial charge on any atom is -0.482 e. The third kappa shape index (κ3) is 6.35. The monoisotopic (exact) mass is 482 g/mol. The summed E-state index contributed by atoms with van der Waals surface area (Å²) >= 11 is 0. The van der Waals surface area contributed by atoms with E-state index in [1.165, 1.54) is 12.1 Å². The molecule has 0 spiro atoms. The van der Waals surface area contributed by atoms with Gasteiger partial charge in [0.25, 0.3) is 15.9 Å². The number of esters is 1. The average Bonchev–Trinajstić information content (AvgIpc) is 2.79. The van der Waals surface area contributed by atoms with E-state index in [-0.39, 0.29) is 23.7 Å². The van der Waals surface area contributed by atoms with Gasteiger partial charge in [-0.05, 0) is 62.2 Å². The quantitative estimate of drug-likeness (QED) is 0.440. The normalized spacial score (nSPS) is 10.9. The van der Waals surface area contributed by atoms with Crippen LogP contribution in [-0.2, 0) is 19.6 Å². The molecule has 0 saturated heterocycles. The van der Waals surface area contributed by atoms with Crippen LogP contribution in [0.15, 0.2) is 71.6 Å². The van der Waals surface area contributed by atoms with Crippen molar-refractivity contribution in [3.63, 3.8) is 0 Å². The fraction of sp³-hybridized carbons (Fsp3) is 0.200. The molecule has 178 valence electrons. The van der Waals surface area contributed by atoms with Crippen LogP contribution in [0.5, 0.6) is 5.75 Å². The lowest BCUT2D eigenvalue weighted by atomic mass is 10.1. The Morgan fingerprint density at radius 2 is 1.68 bits per heavy atom. The highest BCUT2D eigenvalue weighted by molar-refractivity contribution is 7.92. The Kier molecular flexibility index (Phi) is 7.91. The van der Waals surface area contributed by atoms with E-state index in [9.17, 15) is 18.0 Å². The molecule has 8 nitrogen and oxygen atoms in total. The number of carbonyl (C=O) groups excluding carboxylic acids is 2. The second kappa shape index (κ2) is 10.8. The molecule has 3 aromatic carbocycles. The maximum atomic E-state index is 12.9. The highest BCUT2D eigenvalue weighted by Gasteiger charge is 2.19. The van der Waals surface area contributed by atoms with Gasteiger partial charge in [0.05, 0.1) is 17.2 Å². The number of hydrogen-bond acceptors (Lipinski definition) is 6. The van der Waals surface area contributed by atoms with Crippen LogP contribution < -0.4 is 14.8 Å². The molecule has 0 saturated carbocycles. The molecule has 34 heavy (non-hydrogen) atoms. The first kappa shape index (κ1) is 24.8. The van der Waals surface area contributed by atoms with E-state index in [2.05, 4.69) is 10.0 Å². The zero-order valence-electron chi connectivity index (χ0n) is 19.1. The van der Waals surface area contributed by atoms with Gasteiger partial charge in [0.1, 0.15) is 5.75 Å². The summed E-state index contributed by atoms with van der Waals surface area (Å²) < 4.78 is 38.6. The molecular weight excluding hydrogens is 456 g/mol. The standard InChI is InChI=1S/C25H26N2O6S/c1-4-32-24(28)16-33-20-10-7-9-19(14-20)26-25(29)22-15-21(13-12-17(22)2)34(30,31)27-23-11-6-5-8-18(23)3/h5-15,27H,4,16H2,1-3H3,(H,26,29). The number of sulfonamides is 1. The number of anilines is 2. The number of hydrogen-bond donors (Lipinski definition) is 2. The maximum absolute atomic E-state index is 12.9. The van der Waals surface area contributed by atoms with Gasteiger partial charge >= 0.3 is 5.97 Å². The van der Waals surface area contributed by atoms with E-state index in [0.717, 1.165) is 5.56 Å². The summed E-state index contributed by atoms with van der Waals surface area (Å²) in [6.07, 6.45) is 0. The van der Waals surface area contributed by atoms with Crippen LogP contribution in [0.3, 0.4) is 0 Å². The first-order valence-electron chi connectivity index (χ1n) is 10.6. The number of rotatable bonds is 9. The Labute approximate surface area is 199 Å². The second-order valence-electron chi connectivity index (χ2n) is 7.47. The highest BCUT2D eigenvalue weighted by Crippen LogP contribution is 2.23. The van der Waals surface area contributed by atoms with Crippen LogP contribution in [0.4, 0.5) is 11.4 Å². The van der Waals surface area contributed by atoms with Gasteiger partial charge in [0.2, 0.25) is 0 Å². The summed E-state index contributed by atoms with van der Waals surface area (Å²) in [5, 5.41) is 2.74. The molecule has 0 aliphatic carbocycles. The van der Waals surface area contributed by atoms with Gasteiger partial charge in [-0.1, -0.05) is 30.3 Å². The lowest BCUT2D eigenvalue weighted by Crippen LogP contribution is -2.17. The third-order valence-corrected chi connectivity index (χ3v) is 6.27. The van der Waals surface area contributed by atoms with Gasteiger partial charge in [-0.3, -0.25) is 9.52 Å². The first-order chi connectivity index (χ1) is 16.2. The molecule has 3 aromatic rings. The molecule has 0 heterocycles. The SMILES string of the molecule is CCOC(=O)COc1cccc(NC(=O)c2cc(S(=O)(=O)Nc3ccccc3C)ccc2C)c1. The molecule has 1 amide bonds. The molecule has 3 rings (SSSR count). The topological polar surface area (TPSA) is 111 Å². The Bertz CT molecular complexity index is 1300. The number of benzene rings is 3. The lowest BCUT2D eigenvalue weighted by molar-refractivity contribution is -0.145. The van der Waals surface area contributed by atoms with E-state index in [0.29, 0.717) is 22.7 Å². The fourth-order valence-electron chi connectivity index (χ4n) is 3.11. The van der Waals surface area contributed by atoms with E-state index >= 15 is 0 Å². The molecular formula is C25H26N2O6S. The average molecular weight is 483 g/mol. The van der Waals surface area contributed by atoms with Crippen molar-refractivity contribution in [3.8, 4) is 5.75 Å². The van der Waals surface area contributed by atoms with Crippen LogP contribution in [0, 0.1) is 13.8 Å². The summed E-state index contributed by atoms with van der Waals surface area (Å²) in [7, 11) is -3.90. The van der Waals surface area contributed by atoms with Crippen molar-refractivity contribution < 1.29 is 27.5 Å². The predicted molar refractivity (Wildman–Crippen MR) is 130 cm³/mol. The number of aryl methyl sites for hydroxylation is 2. The van der Waals surface area contributed by atoms with Crippen molar-refractivity contribution in [2.45, 2.75) is 25.7 Å². The second-order valence-corrected chi connectivity index (χ2v) is 9.16. The number of nitrogens with one attached hydrogen (secondary N) is 2. The van der Waals surface area contributed by atoms with Crippen molar-refractivity contribution in [2.75, 3.05) is 23.3 Å². The number of carbonyl (C=O) groups is 2. The molecule has 0 aromatic heterocycles. The predicted octanol–water partition coefficient (Wildman–Crippen LogP) is 4.30. The number of ether oxygens (including phenoxy) is 2. The highest BCUT2D eigenvalue weighted by atomic mass is 32.2. The molecule has 2 N–H and O–H groups in total. The summed E-state index contributed by atoms with van der Waals surface area (Å²) in [6, 6.07) is 17.9. The Hall–Kier alpha value is -3.85. The minimum atomic E-state index is -3.90. The molecule has 0 atom stereocenters. The van der Waals surface area contributed by atoms with Gasteiger partial charge in [-0.25, -0.2) is 13.2 Å². The van der Waals surface area contributed by atoms with Crippen molar-refractivity contribution in [1.29, 1.82) is 0 Å². The van der Waals surface area contributed by atoms with Crippen LogP contribution in [-0.4, -0.2) is 33.5 Å². The summed E-state index contributed by atoms with van der Waals surface area (Å²) in [6.45, 7) is 5.23. The van der Waals surface area contributed by atoms with E-state index in [1.807, 2.05) is 6.07 Å². The van der Waals surface area contributed by atoms with E-state index < -0.39 is 21.9 Å². The molecule has 0 aliphatic heterocycles. The Morgan fingerprint density at radius 1 is 0.912 bits per heavy atom. The zero-order valence-corrected chi connectivity index (χ0v) is 19.9. The van der Waals surface area contributed by atoms with Crippen LogP contribution in [0.2, 0.25) is 0 Å². The number of amides is 1. The lowest BCUT2D eigenvalue weighted by Gasteiger charge is -2.13.